The van der Waals surface area contributed by atoms with E-state index < -0.39 is 0 Å². The van der Waals surface area contributed by atoms with Gasteiger partial charge in [-0.3, -0.25) is 4.79 Å². The Morgan fingerprint density at radius 2 is 1.47 bits per heavy atom. The lowest BCUT2D eigenvalue weighted by atomic mass is 9.79. The first-order valence-corrected chi connectivity index (χ1v) is 7.69. The fraction of sp³-hybridized carbons (Fsp3) is 0.562. The lowest BCUT2D eigenvalue weighted by Gasteiger charge is -2.29. The lowest BCUT2D eigenvalue weighted by Crippen LogP contribution is -2.24. The number of anilines is 1. The second kappa shape index (κ2) is 5.66. The molecule has 0 aliphatic heterocycles. The van der Waals surface area contributed by atoms with Crippen molar-refractivity contribution in [2.24, 2.45) is 0 Å². The van der Waals surface area contributed by atoms with Gasteiger partial charge >= 0.3 is 0 Å². The smallest absolute Gasteiger partial charge is 0.235 e. The maximum Gasteiger partial charge on any atom is 0.235 e. The van der Waals surface area contributed by atoms with Crippen molar-refractivity contribution in [2.45, 2.75) is 52.4 Å². The fourth-order valence-electron chi connectivity index (χ4n) is 2.11. The molecule has 0 saturated carbocycles. The second-order valence-corrected chi connectivity index (χ2v) is 7.47. The summed E-state index contributed by atoms with van der Waals surface area (Å²) in [6, 6.07) is 6.27. The van der Waals surface area contributed by atoms with Gasteiger partial charge in [0.2, 0.25) is 5.91 Å². The molecule has 19 heavy (non-hydrogen) atoms. The van der Waals surface area contributed by atoms with E-state index in [9.17, 15) is 4.79 Å². The van der Waals surface area contributed by atoms with Gasteiger partial charge < -0.3 is 5.32 Å². The zero-order valence-corrected chi connectivity index (χ0v) is 14.3. The Labute approximate surface area is 125 Å². The quantitative estimate of drug-likeness (QED) is 0.790. The van der Waals surface area contributed by atoms with Crippen molar-refractivity contribution in [2.75, 3.05) is 10.6 Å². The van der Waals surface area contributed by atoms with Crippen molar-refractivity contribution in [3.8, 4) is 0 Å². The minimum Gasteiger partial charge on any atom is -0.325 e. The van der Waals surface area contributed by atoms with Crippen LogP contribution in [0.4, 0.5) is 5.69 Å². The summed E-state index contributed by atoms with van der Waals surface area (Å²) in [7, 11) is 0. The van der Waals surface area contributed by atoms with Crippen LogP contribution in [0.1, 0.15) is 52.7 Å². The lowest BCUT2D eigenvalue weighted by molar-refractivity contribution is -0.113. The summed E-state index contributed by atoms with van der Waals surface area (Å²) < 4.78 is 0. The number of benzene rings is 1. The van der Waals surface area contributed by atoms with Crippen LogP contribution < -0.4 is 5.32 Å². The average Bonchev–Trinajstić information content (AvgIpc) is 2.26. The van der Waals surface area contributed by atoms with E-state index in [-0.39, 0.29) is 16.7 Å². The molecule has 3 heteroatoms. The van der Waals surface area contributed by atoms with Crippen molar-refractivity contribution in [3.05, 3.63) is 29.3 Å². The predicted octanol–water partition coefficient (Wildman–Crippen LogP) is 4.62. The molecule has 0 unspecified atom stereocenters. The summed E-state index contributed by atoms with van der Waals surface area (Å²) in [6.07, 6.45) is 0. The SMILES string of the molecule is CC(C)(C)c1cccc(C(C)(C)C)c1NC(=O)CBr. The van der Waals surface area contributed by atoms with E-state index in [1.54, 1.807) is 0 Å². The molecule has 1 aromatic rings. The maximum absolute atomic E-state index is 11.8. The minimum absolute atomic E-state index is 0.00378. The van der Waals surface area contributed by atoms with Gasteiger partial charge in [-0.25, -0.2) is 0 Å². The normalized spacial score (nSPS) is 12.4. The zero-order chi connectivity index (χ0) is 14.8. The van der Waals surface area contributed by atoms with Gasteiger partial charge in [-0.05, 0) is 22.0 Å². The second-order valence-electron chi connectivity index (χ2n) is 6.91. The van der Waals surface area contributed by atoms with Gasteiger partial charge in [0.1, 0.15) is 0 Å². The number of carbonyl (C=O) groups is 1. The molecule has 0 saturated heterocycles. The first kappa shape index (κ1) is 16.2. The molecular weight excluding hydrogens is 302 g/mol. The molecule has 0 fully saturated rings. The molecule has 0 heterocycles. The molecular formula is C16H24BrNO. The van der Waals surface area contributed by atoms with Crippen molar-refractivity contribution in [1.82, 2.24) is 0 Å². The molecule has 0 radical (unpaired) electrons. The third-order valence-electron chi connectivity index (χ3n) is 3.07. The summed E-state index contributed by atoms with van der Waals surface area (Å²) in [5.41, 5.74) is 3.31. The largest absolute Gasteiger partial charge is 0.325 e. The maximum atomic E-state index is 11.8. The molecule has 0 bridgehead atoms. The van der Waals surface area contributed by atoms with Gasteiger partial charge in [-0.2, -0.15) is 0 Å². The standard InChI is InChI=1S/C16H24BrNO/c1-15(2,3)11-8-7-9-12(16(4,5)6)14(11)18-13(19)10-17/h7-9H,10H2,1-6H3,(H,18,19). The first-order valence-electron chi connectivity index (χ1n) is 6.57. The fourth-order valence-corrected chi connectivity index (χ4v) is 2.25. The monoisotopic (exact) mass is 325 g/mol. The van der Waals surface area contributed by atoms with Crippen molar-refractivity contribution in [1.29, 1.82) is 0 Å². The summed E-state index contributed by atoms with van der Waals surface area (Å²) in [5.74, 6) is -0.0119. The van der Waals surface area contributed by atoms with E-state index in [4.69, 9.17) is 0 Å². The Morgan fingerprint density at radius 3 is 1.79 bits per heavy atom. The van der Waals surface area contributed by atoms with E-state index in [1.165, 1.54) is 11.1 Å². The van der Waals surface area contributed by atoms with E-state index >= 15 is 0 Å². The van der Waals surface area contributed by atoms with Crippen LogP contribution in [0.15, 0.2) is 18.2 Å². The molecule has 2 nitrogen and oxygen atoms in total. The Morgan fingerprint density at radius 1 is 1.05 bits per heavy atom. The first-order chi connectivity index (χ1) is 8.57. The zero-order valence-electron chi connectivity index (χ0n) is 12.7. The van der Waals surface area contributed by atoms with Gasteiger partial charge in [-0.15, -0.1) is 0 Å². The van der Waals surface area contributed by atoms with E-state index in [0.29, 0.717) is 5.33 Å². The van der Waals surface area contributed by atoms with Crippen LogP contribution in [0.2, 0.25) is 0 Å². The number of alkyl halides is 1. The number of rotatable bonds is 2. The number of hydrogen-bond donors (Lipinski definition) is 1. The molecule has 0 aliphatic rings. The topological polar surface area (TPSA) is 29.1 Å². The van der Waals surface area contributed by atoms with E-state index in [1.807, 2.05) is 0 Å². The molecule has 1 aromatic carbocycles. The highest BCUT2D eigenvalue weighted by Gasteiger charge is 2.25. The highest BCUT2D eigenvalue weighted by atomic mass is 79.9. The highest BCUT2D eigenvalue weighted by Crippen LogP contribution is 2.37. The number of para-hydroxylation sites is 1. The molecule has 106 valence electrons. The minimum atomic E-state index is -0.0119. The summed E-state index contributed by atoms with van der Waals surface area (Å²) in [6.45, 7) is 13.0. The summed E-state index contributed by atoms with van der Waals surface area (Å²) in [4.78, 5) is 11.8. The van der Waals surface area contributed by atoms with Crippen LogP contribution in [0.5, 0.6) is 0 Å². The molecule has 0 spiro atoms. The Hall–Kier alpha value is -0.830. The summed E-state index contributed by atoms with van der Waals surface area (Å²) in [5, 5.41) is 3.37. The van der Waals surface area contributed by atoms with Crippen LogP contribution in [0.3, 0.4) is 0 Å². The molecule has 0 aliphatic carbocycles. The van der Waals surface area contributed by atoms with Crippen LogP contribution in [0, 0.1) is 0 Å². The van der Waals surface area contributed by atoms with Crippen LogP contribution in [-0.4, -0.2) is 11.2 Å². The molecule has 1 amide bonds. The van der Waals surface area contributed by atoms with Crippen molar-refractivity contribution >= 4 is 27.5 Å². The predicted molar refractivity (Wildman–Crippen MR) is 86.3 cm³/mol. The third kappa shape index (κ3) is 4.07. The Balaban J connectivity index is 3.45. The van der Waals surface area contributed by atoms with Gasteiger partial charge in [0, 0.05) is 5.69 Å². The Bertz CT molecular complexity index is 434. The highest BCUT2D eigenvalue weighted by molar-refractivity contribution is 9.09. The number of nitrogens with one attached hydrogen (secondary N) is 1. The molecule has 0 aromatic heterocycles. The van der Waals surface area contributed by atoms with Crippen LogP contribution >= 0.6 is 15.9 Å². The third-order valence-corrected chi connectivity index (χ3v) is 3.58. The number of halogens is 1. The number of hydrogen-bond acceptors (Lipinski definition) is 1. The van der Waals surface area contributed by atoms with Crippen LogP contribution in [-0.2, 0) is 15.6 Å². The van der Waals surface area contributed by atoms with Gasteiger partial charge in [0.25, 0.3) is 0 Å². The molecule has 1 N–H and O–H groups in total. The van der Waals surface area contributed by atoms with E-state index in [0.717, 1.165) is 5.69 Å². The Kier molecular flexibility index (Phi) is 4.83. The van der Waals surface area contributed by atoms with Crippen LogP contribution in [0.25, 0.3) is 0 Å². The average molecular weight is 326 g/mol. The van der Waals surface area contributed by atoms with Crippen molar-refractivity contribution < 1.29 is 4.79 Å². The summed E-state index contributed by atoms with van der Waals surface area (Å²) >= 11 is 3.21. The molecule has 1 rings (SSSR count). The number of carbonyl (C=O) groups excluding carboxylic acids is 1. The van der Waals surface area contributed by atoms with Crippen molar-refractivity contribution in [3.63, 3.8) is 0 Å². The number of amides is 1. The van der Waals surface area contributed by atoms with Gasteiger partial charge in [-0.1, -0.05) is 75.7 Å². The van der Waals surface area contributed by atoms with E-state index in [2.05, 4.69) is 81.0 Å². The van der Waals surface area contributed by atoms with Gasteiger partial charge in [0.05, 0.1) is 5.33 Å². The molecule has 0 atom stereocenters. The van der Waals surface area contributed by atoms with Gasteiger partial charge in [0.15, 0.2) is 0 Å².